The molecular weight excluding hydrogens is 961 g/mol. The van der Waals surface area contributed by atoms with E-state index in [0.717, 1.165) is 0 Å². The molecule has 0 heteroatoms. The summed E-state index contributed by atoms with van der Waals surface area (Å²) in [6, 6.07) is 109. The number of hydrogen-bond acceptors (Lipinski definition) is 0. The van der Waals surface area contributed by atoms with E-state index in [4.69, 9.17) is 0 Å². The Bertz CT molecular complexity index is 4380. The third-order valence-electron chi connectivity index (χ3n) is 17.6. The van der Waals surface area contributed by atoms with E-state index >= 15 is 0 Å². The topological polar surface area (TPSA) is 0 Å². The van der Waals surface area contributed by atoms with E-state index in [1.807, 2.05) is 0 Å². The van der Waals surface area contributed by atoms with Crippen LogP contribution in [0.5, 0.6) is 0 Å². The van der Waals surface area contributed by atoms with Crippen LogP contribution in [0.1, 0.15) is 0 Å². The molecular formula is C80H48. The lowest BCUT2D eigenvalue weighted by Gasteiger charge is -2.19. The zero-order valence-electron chi connectivity index (χ0n) is 43.7. The SMILES string of the molecule is c1ccc(-c2ccccc2-c2ccc(-c3ccccc3-c3ccccc3)c3c2-c2ccc4c5ccc6c7c(ccc(c8ccc-3c2c48)c75)-c2c(-c3ccccc3-c3ccccc3)ccc(-c3ccccc3-c3ccccc3)c2-6)cc1. The van der Waals surface area contributed by atoms with E-state index in [0.29, 0.717) is 0 Å². The summed E-state index contributed by atoms with van der Waals surface area (Å²) in [5, 5.41) is 10.5. The predicted molar refractivity (Wildman–Crippen MR) is 340 cm³/mol. The molecule has 0 atom stereocenters. The van der Waals surface area contributed by atoms with Gasteiger partial charge >= 0.3 is 0 Å². The lowest BCUT2D eigenvalue weighted by Crippen LogP contribution is -1.93. The Morgan fingerprint density at radius 3 is 0.525 bits per heavy atom. The third-order valence-corrected chi connectivity index (χ3v) is 17.6. The zero-order chi connectivity index (χ0) is 52.4. The van der Waals surface area contributed by atoms with Gasteiger partial charge in [0, 0.05) is 0 Å². The molecule has 2 aliphatic carbocycles. The van der Waals surface area contributed by atoms with Crippen molar-refractivity contribution in [2.75, 3.05) is 0 Å². The summed E-state index contributed by atoms with van der Waals surface area (Å²) in [6.45, 7) is 0. The number of fused-ring (bicyclic) bond motifs is 8. The first-order valence-electron chi connectivity index (χ1n) is 27.9. The Labute approximate surface area is 465 Å². The maximum atomic E-state index is 2.46. The van der Waals surface area contributed by atoms with Crippen molar-refractivity contribution < 1.29 is 0 Å². The molecule has 0 amide bonds. The average Bonchev–Trinajstić information content (AvgIpc) is 4.29. The van der Waals surface area contributed by atoms with Crippen molar-refractivity contribution in [3.63, 3.8) is 0 Å². The number of benzene rings is 15. The van der Waals surface area contributed by atoms with Gasteiger partial charge in [0.05, 0.1) is 0 Å². The molecule has 15 aromatic carbocycles. The van der Waals surface area contributed by atoms with Crippen LogP contribution in [-0.2, 0) is 0 Å². The first kappa shape index (κ1) is 44.7. The van der Waals surface area contributed by atoms with Crippen molar-refractivity contribution in [2.45, 2.75) is 0 Å². The van der Waals surface area contributed by atoms with E-state index in [9.17, 15) is 0 Å². The molecule has 0 heterocycles. The Morgan fingerprint density at radius 2 is 0.300 bits per heavy atom. The van der Waals surface area contributed by atoms with E-state index in [2.05, 4.69) is 291 Å². The summed E-state index contributed by atoms with van der Waals surface area (Å²) in [5.41, 5.74) is 30.1. The Hall–Kier alpha value is -10.4. The minimum atomic E-state index is 1.21. The molecule has 368 valence electrons. The Balaban J connectivity index is 0.944. The lowest BCUT2D eigenvalue weighted by molar-refractivity contribution is 1.56. The quantitative estimate of drug-likeness (QED) is 0.105. The molecule has 2 aliphatic rings. The molecule has 15 aromatic rings. The van der Waals surface area contributed by atoms with E-state index in [-0.39, 0.29) is 0 Å². The van der Waals surface area contributed by atoms with Gasteiger partial charge in [-0.3, -0.25) is 0 Å². The minimum absolute atomic E-state index is 1.21. The molecule has 0 bridgehead atoms. The first-order chi connectivity index (χ1) is 39.8. The van der Waals surface area contributed by atoms with Crippen LogP contribution in [0.25, 0.3) is 177 Å². The first-order valence-corrected chi connectivity index (χ1v) is 27.9. The van der Waals surface area contributed by atoms with Gasteiger partial charge in [0.1, 0.15) is 0 Å². The van der Waals surface area contributed by atoms with Gasteiger partial charge in [-0.15, -0.1) is 0 Å². The van der Waals surface area contributed by atoms with Crippen LogP contribution in [0.4, 0.5) is 0 Å². The highest BCUT2D eigenvalue weighted by Gasteiger charge is 2.34. The summed E-state index contributed by atoms with van der Waals surface area (Å²) in [7, 11) is 0. The van der Waals surface area contributed by atoms with Crippen LogP contribution >= 0.6 is 0 Å². The second-order valence-electron chi connectivity index (χ2n) is 21.6. The molecule has 0 saturated carbocycles. The van der Waals surface area contributed by atoms with Gasteiger partial charge in [-0.05, 0) is 177 Å². The van der Waals surface area contributed by atoms with Crippen molar-refractivity contribution in [2.24, 2.45) is 0 Å². The highest BCUT2D eigenvalue weighted by molar-refractivity contribution is 6.41. The molecule has 0 aliphatic heterocycles. The average molecular weight is 1010 g/mol. The van der Waals surface area contributed by atoms with Gasteiger partial charge in [-0.25, -0.2) is 0 Å². The summed E-state index contributed by atoms with van der Waals surface area (Å²) >= 11 is 0. The van der Waals surface area contributed by atoms with Gasteiger partial charge in [-0.2, -0.15) is 0 Å². The Kier molecular flexibility index (Phi) is 9.81. The van der Waals surface area contributed by atoms with Gasteiger partial charge < -0.3 is 0 Å². The summed E-state index contributed by atoms with van der Waals surface area (Å²) in [6.07, 6.45) is 0. The monoisotopic (exact) mass is 1010 g/mol. The zero-order valence-corrected chi connectivity index (χ0v) is 43.7. The van der Waals surface area contributed by atoms with Gasteiger partial charge in [-0.1, -0.05) is 291 Å². The number of rotatable bonds is 8. The molecule has 0 radical (unpaired) electrons. The predicted octanol–water partition coefficient (Wildman–Crippen LogP) is 22.4. The van der Waals surface area contributed by atoms with E-state index in [1.54, 1.807) is 0 Å². The van der Waals surface area contributed by atoms with Crippen LogP contribution in [0, 0.1) is 0 Å². The van der Waals surface area contributed by atoms with Gasteiger partial charge in [0.25, 0.3) is 0 Å². The molecule has 0 N–H and O–H groups in total. The summed E-state index contributed by atoms with van der Waals surface area (Å²) in [5.74, 6) is 0. The second-order valence-corrected chi connectivity index (χ2v) is 21.6. The van der Waals surface area contributed by atoms with Crippen molar-refractivity contribution in [1.82, 2.24) is 0 Å². The largest absolute Gasteiger partial charge is 0.0622 e. The van der Waals surface area contributed by atoms with Crippen molar-refractivity contribution in [3.05, 3.63) is 291 Å². The third kappa shape index (κ3) is 6.45. The molecule has 0 saturated heterocycles. The van der Waals surface area contributed by atoms with Crippen LogP contribution in [-0.4, -0.2) is 0 Å². The standard InChI is InChI=1S/C80H48/c1-5-21-49(22-6-1)53-29-13-17-33-57(53)61-37-38-62(58-34-18-14-30-54(58)50-23-7-2-8-24-50)76-70-46-42-66-68-44-48-72-78-64(60-36-20-16-32-56(60)52-27-11-4-12-28-52)40-39-63(59-35-19-15-31-55(59)51-25-9-3-10-26-51)77(78)71-47-43-67(74(68)80(71)72)65-41-45-69(75(61)76)79(70)73(65)66/h1-48H. The summed E-state index contributed by atoms with van der Waals surface area (Å²) < 4.78 is 0. The molecule has 17 rings (SSSR count). The molecule has 80 heavy (non-hydrogen) atoms. The highest BCUT2D eigenvalue weighted by Crippen LogP contribution is 2.62. The second kappa shape index (κ2) is 17.6. The highest BCUT2D eigenvalue weighted by atomic mass is 14.4. The number of hydrogen-bond donors (Lipinski definition) is 0. The minimum Gasteiger partial charge on any atom is -0.0622 e. The molecule has 0 fully saturated rings. The normalized spacial score (nSPS) is 12.0. The lowest BCUT2D eigenvalue weighted by atomic mass is 9.84. The maximum Gasteiger partial charge on any atom is -0.00134 e. The van der Waals surface area contributed by atoms with Crippen molar-refractivity contribution in [1.29, 1.82) is 0 Å². The molecule has 0 unspecified atom stereocenters. The molecule has 0 nitrogen and oxygen atoms in total. The molecule has 0 spiro atoms. The fraction of sp³-hybridized carbons (Fsp3) is 0. The van der Waals surface area contributed by atoms with Crippen molar-refractivity contribution >= 4 is 43.1 Å². The fourth-order valence-corrected chi connectivity index (χ4v) is 14.3. The summed E-state index contributed by atoms with van der Waals surface area (Å²) in [4.78, 5) is 0. The molecule has 0 aromatic heterocycles. The fourth-order valence-electron chi connectivity index (χ4n) is 14.3. The van der Waals surface area contributed by atoms with Gasteiger partial charge in [0.15, 0.2) is 0 Å². The smallest absolute Gasteiger partial charge is 0.00134 e. The van der Waals surface area contributed by atoms with E-state index in [1.165, 1.54) is 177 Å². The van der Waals surface area contributed by atoms with Crippen LogP contribution in [0.2, 0.25) is 0 Å². The van der Waals surface area contributed by atoms with Crippen LogP contribution in [0.3, 0.4) is 0 Å². The van der Waals surface area contributed by atoms with Gasteiger partial charge in [0.2, 0.25) is 0 Å². The van der Waals surface area contributed by atoms with Crippen LogP contribution < -0.4 is 0 Å². The van der Waals surface area contributed by atoms with Crippen LogP contribution in [0.15, 0.2) is 291 Å². The van der Waals surface area contributed by atoms with E-state index < -0.39 is 0 Å². The van der Waals surface area contributed by atoms with Crippen molar-refractivity contribution in [3.8, 4) is 134 Å². The Morgan fingerprint density at radius 1 is 0.113 bits per heavy atom. The maximum absolute atomic E-state index is 2.46.